The zero-order chi connectivity index (χ0) is 12.3. The first kappa shape index (κ1) is 11.9. The minimum absolute atomic E-state index is 0.714. The summed E-state index contributed by atoms with van der Waals surface area (Å²) >= 11 is 0. The average Bonchev–Trinajstić information content (AvgIpc) is 2.85. The van der Waals surface area contributed by atoms with Crippen LogP contribution in [-0.2, 0) is 19.6 Å². The van der Waals surface area contributed by atoms with Gasteiger partial charge in [-0.2, -0.15) is 5.10 Å². The van der Waals surface area contributed by atoms with E-state index >= 15 is 0 Å². The molecule has 0 aliphatic carbocycles. The molecule has 0 bridgehead atoms. The SMILES string of the molecule is CCn1nc(C)cc1CNCc1cc(C)on1. The summed E-state index contributed by atoms with van der Waals surface area (Å²) in [6, 6.07) is 4.04. The second-order valence-electron chi connectivity index (χ2n) is 4.13. The number of rotatable bonds is 5. The quantitative estimate of drug-likeness (QED) is 0.857. The summed E-state index contributed by atoms with van der Waals surface area (Å²) in [5.74, 6) is 0.844. The minimum atomic E-state index is 0.714. The number of aryl methyl sites for hydroxylation is 3. The normalized spacial score (nSPS) is 11.0. The lowest BCUT2D eigenvalue weighted by Gasteiger charge is -2.04. The Labute approximate surface area is 101 Å². The standard InChI is InChI=1S/C12H18N4O/c1-4-16-12(5-9(2)14-16)8-13-7-11-6-10(3)17-15-11/h5-6,13H,4,7-8H2,1-3H3. The highest BCUT2D eigenvalue weighted by Gasteiger charge is 2.04. The van der Waals surface area contributed by atoms with Crippen molar-refractivity contribution in [2.24, 2.45) is 0 Å². The van der Waals surface area contributed by atoms with E-state index < -0.39 is 0 Å². The van der Waals surface area contributed by atoms with Gasteiger partial charge in [-0.3, -0.25) is 4.68 Å². The molecule has 0 radical (unpaired) electrons. The Morgan fingerprint density at radius 1 is 1.29 bits per heavy atom. The summed E-state index contributed by atoms with van der Waals surface area (Å²) in [4.78, 5) is 0. The molecule has 0 aromatic carbocycles. The maximum Gasteiger partial charge on any atom is 0.133 e. The van der Waals surface area contributed by atoms with Gasteiger partial charge in [-0.05, 0) is 26.8 Å². The van der Waals surface area contributed by atoms with Crippen molar-refractivity contribution in [1.29, 1.82) is 0 Å². The molecule has 5 nitrogen and oxygen atoms in total. The smallest absolute Gasteiger partial charge is 0.133 e. The monoisotopic (exact) mass is 234 g/mol. The van der Waals surface area contributed by atoms with Crippen molar-refractivity contribution < 1.29 is 4.52 Å². The van der Waals surface area contributed by atoms with Crippen LogP contribution in [0.3, 0.4) is 0 Å². The van der Waals surface area contributed by atoms with E-state index in [-0.39, 0.29) is 0 Å². The summed E-state index contributed by atoms with van der Waals surface area (Å²) in [6.45, 7) is 8.40. The van der Waals surface area contributed by atoms with Gasteiger partial charge >= 0.3 is 0 Å². The van der Waals surface area contributed by atoms with Gasteiger partial charge in [0.15, 0.2) is 0 Å². The van der Waals surface area contributed by atoms with Crippen LogP contribution in [0.1, 0.15) is 29.8 Å². The lowest BCUT2D eigenvalue weighted by atomic mass is 10.3. The first-order valence-electron chi connectivity index (χ1n) is 5.85. The van der Waals surface area contributed by atoms with Crippen LogP contribution in [-0.4, -0.2) is 14.9 Å². The Bertz CT molecular complexity index is 486. The van der Waals surface area contributed by atoms with Gasteiger partial charge in [-0.25, -0.2) is 0 Å². The van der Waals surface area contributed by atoms with Gasteiger partial charge in [0.2, 0.25) is 0 Å². The van der Waals surface area contributed by atoms with Gasteiger partial charge in [0, 0.05) is 25.7 Å². The van der Waals surface area contributed by atoms with Gasteiger partial charge in [0.25, 0.3) is 0 Å². The second kappa shape index (κ2) is 5.14. The van der Waals surface area contributed by atoms with Crippen molar-refractivity contribution in [1.82, 2.24) is 20.3 Å². The number of aromatic nitrogens is 3. The molecule has 0 fully saturated rings. The highest BCUT2D eigenvalue weighted by Crippen LogP contribution is 2.05. The van der Waals surface area contributed by atoms with Crippen molar-refractivity contribution in [2.45, 2.75) is 40.4 Å². The van der Waals surface area contributed by atoms with Crippen molar-refractivity contribution in [3.05, 3.63) is 35.0 Å². The Morgan fingerprint density at radius 3 is 2.76 bits per heavy atom. The van der Waals surface area contributed by atoms with Crippen molar-refractivity contribution in [3.8, 4) is 0 Å². The van der Waals surface area contributed by atoms with Crippen LogP contribution in [0.5, 0.6) is 0 Å². The molecule has 0 amide bonds. The van der Waals surface area contributed by atoms with Crippen LogP contribution in [0.15, 0.2) is 16.7 Å². The van der Waals surface area contributed by atoms with Crippen LogP contribution in [0, 0.1) is 13.8 Å². The van der Waals surface area contributed by atoms with E-state index in [1.54, 1.807) is 0 Å². The Balaban J connectivity index is 1.89. The van der Waals surface area contributed by atoms with Gasteiger partial charge in [-0.15, -0.1) is 0 Å². The molecule has 2 rings (SSSR count). The molecule has 0 aliphatic heterocycles. The third-order valence-electron chi connectivity index (χ3n) is 2.57. The van der Waals surface area contributed by atoms with Crippen molar-refractivity contribution in [3.63, 3.8) is 0 Å². The molecule has 2 aromatic rings. The lowest BCUT2D eigenvalue weighted by Crippen LogP contribution is -2.16. The maximum atomic E-state index is 5.01. The van der Waals surface area contributed by atoms with Crippen LogP contribution < -0.4 is 5.32 Å². The lowest BCUT2D eigenvalue weighted by molar-refractivity contribution is 0.388. The fraction of sp³-hybridized carbons (Fsp3) is 0.500. The number of nitrogens with zero attached hydrogens (tertiary/aromatic N) is 3. The molecule has 2 heterocycles. The molecule has 5 heteroatoms. The molecule has 0 saturated heterocycles. The predicted octanol–water partition coefficient (Wildman–Crippen LogP) is 1.80. The highest BCUT2D eigenvalue weighted by molar-refractivity contribution is 5.09. The molecule has 0 spiro atoms. The van der Waals surface area contributed by atoms with E-state index in [4.69, 9.17) is 4.52 Å². The maximum absolute atomic E-state index is 5.01. The fourth-order valence-electron chi connectivity index (χ4n) is 1.84. The largest absolute Gasteiger partial charge is 0.361 e. The molecule has 2 aromatic heterocycles. The molecular weight excluding hydrogens is 216 g/mol. The average molecular weight is 234 g/mol. The van der Waals surface area contributed by atoms with E-state index in [9.17, 15) is 0 Å². The van der Waals surface area contributed by atoms with E-state index in [0.717, 1.165) is 30.2 Å². The van der Waals surface area contributed by atoms with Crippen LogP contribution in [0.25, 0.3) is 0 Å². The fourth-order valence-corrected chi connectivity index (χ4v) is 1.84. The summed E-state index contributed by atoms with van der Waals surface area (Å²) in [6.07, 6.45) is 0. The summed E-state index contributed by atoms with van der Waals surface area (Å²) < 4.78 is 7.02. The Kier molecular flexibility index (Phi) is 3.58. The van der Waals surface area contributed by atoms with Crippen LogP contribution >= 0.6 is 0 Å². The molecule has 0 unspecified atom stereocenters. The van der Waals surface area contributed by atoms with E-state index in [2.05, 4.69) is 28.6 Å². The van der Waals surface area contributed by atoms with E-state index in [1.807, 2.05) is 24.6 Å². The van der Waals surface area contributed by atoms with E-state index in [0.29, 0.717) is 6.54 Å². The number of hydrogen-bond donors (Lipinski definition) is 1. The molecule has 92 valence electrons. The van der Waals surface area contributed by atoms with Gasteiger partial charge in [-0.1, -0.05) is 5.16 Å². The van der Waals surface area contributed by atoms with Gasteiger partial charge < -0.3 is 9.84 Å². The topological polar surface area (TPSA) is 55.9 Å². The molecule has 0 saturated carbocycles. The van der Waals surface area contributed by atoms with Crippen molar-refractivity contribution in [2.75, 3.05) is 0 Å². The molecule has 0 aliphatic rings. The Morgan fingerprint density at radius 2 is 2.12 bits per heavy atom. The van der Waals surface area contributed by atoms with Crippen molar-refractivity contribution >= 4 is 0 Å². The minimum Gasteiger partial charge on any atom is -0.361 e. The highest BCUT2D eigenvalue weighted by atomic mass is 16.5. The second-order valence-corrected chi connectivity index (χ2v) is 4.13. The van der Waals surface area contributed by atoms with E-state index in [1.165, 1.54) is 5.69 Å². The molecule has 17 heavy (non-hydrogen) atoms. The summed E-state index contributed by atoms with van der Waals surface area (Å²) in [7, 11) is 0. The zero-order valence-corrected chi connectivity index (χ0v) is 10.5. The third-order valence-corrected chi connectivity index (χ3v) is 2.57. The number of nitrogens with one attached hydrogen (secondary N) is 1. The predicted molar refractivity (Wildman–Crippen MR) is 64.4 cm³/mol. The zero-order valence-electron chi connectivity index (χ0n) is 10.5. The molecular formula is C12H18N4O. The first-order chi connectivity index (χ1) is 8.19. The molecule has 0 atom stereocenters. The van der Waals surface area contributed by atoms with Gasteiger partial charge in [0.1, 0.15) is 5.76 Å². The van der Waals surface area contributed by atoms with Gasteiger partial charge in [0.05, 0.1) is 17.1 Å². The van der Waals surface area contributed by atoms with Crippen LogP contribution in [0.4, 0.5) is 0 Å². The summed E-state index contributed by atoms with van der Waals surface area (Å²) in [5.41, 5.74) is 3.19. The number of hydrogen-bond acceptors (Lipinski definition) is 4. The first-order valence-corrected chi connectivity index (χ1v) is 5.85. The van der Waals surface area contributed by atoms with Crippen LogP contribution in [0.2, 0.25) is 0 Å². The molecule has 1 N–H and O–H groups in total. The third kappa shape index (κ3) is 2.94. The Hall–Kier alpha value is -1.62. The summed E-state index contributed by atoms with van der Waals surface area (Å²) in [5, 5.41) is 11.7.